The minimum absolute atomic E-state index is 0.212. The Morgan fingerprint density at radius 2 is 0.886 bits per heavy atom. The van der Waals surface area contributed by atoms with E-state index in [1.165, 1.54) is 82.9 Å². The molecule has 70 heavy (non-hydrogen) atoms. The molecule has 0 unspecified atom stereocenters. The van der Waals surface area contributed by atoms with E-state index in [0.29, 0.717) is 0 Å². The zero-order valence-electron chi connectivity index (χ0n) is 39.2. The van der Waals surface area contributed by atoms with E-state index in [2.05, 4.69) is 289 Å². The van der Waals surface area contributed by atoms with E-state index in [-0.39, 0.29) is 5.41 Å². The van der Waals surface area contributed by atoms with Crippen LogP contribution in [0.25, 0.3) is 89.7 Å². The van der Waals surface area contributed by atoms with Crippen molar-refractivity contribution in [3.8, 4) is 44.9 Å². The molecule has 2 heterocycles. The summed E-state index contributed by atoms with van der Waals surface area (Å²) in [5.74, 6) is 0. The van der Waals surface area contributed by atoms with E-state index in [9.17, 15) is 0 Å². The van der Waals surface area contributed by atoms with Crippen molar-refractivity contribution in [3.05, 3.63) is 271 Å². The highest BCUT2D eigenvalue weighted by atomic mass is 15.1. The lowest BCUT2D eigenvalue weighted by molar-refractivity contribution is 0.661. The van der Waals surface area contributed by atoms with Crippen LogP contribution in [-0.2, 0) is 5.41 Å². The monoisotopic (exact) mass is 895 g/mol. The number of hydrogen-bond acceptors (Lipinski definition) is 1. The number of hydrogen-bond donors (Lipinski definition) is 0. The van der Waals surface area contributed by atoms with Crippen LogP contribution in [0.4, 0.5) is 17.1 Å². The molecule has 0 aliphatic heterocycles. The summed E-state index contributed by atoms with van der Waals surface area (Å²) >= 11 is 0. The van der Waals surface area contributed by atoms with Gasteiger partial charge in [-0.1, -0.05) is 190 Å². The summed E-state index contributed by atoms with van der Waals surface area (Å²) in [6.45, 7) is 4.78. The van der Waals surface area contributed by atoms with E-state index in [4.69, 9.17) is 0 Å². The zero-order chi connectivity index (χ0) is 46.8. The fourth-order valence-electron chi connectivity index (χ4n) is 11.2. The van der Waals surface area contributed by atoms with Gasteiger partial charge in [0.15, 0.2) is 0 Å². The molecule has 12 aromatic rings. The molecule has 13 rings (SSSR count). The highest BCUT2D eigenvalue weighted by Crippen LogP contribution is 2.53. The van der Waals surface area contributed by atoms with Crippen LogP contribution in [0.3, 0.4) is 0 Å². The molecular weight excluding hydrogens is 847 g/mol. The lowest BCUT2D eigenvalue weighted by Gasteiger charge is -2.25. The predicted octanol–water partition coefficient (Wildman–Crippen LogP) is 18.0. The van der Waals surface area contributed by atoms with Gasteiger partial charge in [0.05, 0.1) is 22.2 Å². The molecule has 0 saturated heterocycles. The Kier molecular flexibility index (Phi) is 9.85. The van der Waals surface area contributed by atoms with Crippen molar-refractivity contribution in [3.63, 3.8) is 0 Å². The largest absolute Gasteiger partial charge is 0.310 e. The van der Waals surface area contributed by atoms with Crippen LogP contribution in [-0.4, -0.2) is 9.13 Å². The molecule has 0 bridgehead atoms. The van der Waals surface area contributed by atoms with E-state index in [1.807, 2.05) is 0 Å². The van der Waals surface area contributed by atoms with Crippen molar-refractivity contribution in [2.24, 2.45) is 0 Å². The Balaban J connectivity index is 0.859. The highest BCUT2D eigenvalue weighted by Gasteiger charge is 2.37. The quantitative estimate of drug-likeness (QED) is 0.132. The Bertz CT molecular complexity index is 3920. The van der Waals surface area contributed by atoms with Crippen molar-refractivity contribution in [1.29, 1.82) is 0 Å². The molecule has 0 amide bonds. The summed E-state index contributed by atoms with van der Waals surface area (Å²) in [4.78, 5) is 2.36. The van der Waals surface area contributed by atoms with E-state index in [1.54, 1.807) is 0 Å². The summed E-state index contributed by atoms with van der Waals surface area (Å²) in [6.07, 6.45) is 4.51. The summed E-state index contributed by atoms with van der Waals surface area (Å²) < 4.78 is 4.85. The third-order valence-electron chi connectivity index (χ3n) is 14.5. The van der Waals surface area contributed by atoms with E-state index in [0.717, 1.165) is 34.0 Å². The third-order valence-corrected chi connectivity index (χ3v) is 14.5. The summed E-state index contributed by atoms with van der Waals surface area (Å²) in [5.41, 5.74) is 21.6. The van der Waals surface area contributed by atoms with Crippen LogP contribution >= 0.6 is 0 Å². The number of nitrogens with zero attached hydrogens (tertiary/aromatic N) is 3. The number of fused-ring (bicyclic) bond motifs is 7. The summed E-state index contributed by atoms with van der Waals surface area (Å²) in [5, 5.41) is 3.72. The maximum Gasteiger partial charge on any atom is 0.0619 e. The molecule has 0 spiro atoms. The van der Waals surface area contributed by atoms with Crippen molar-refractivity contribution in [2.45, 2.75) is 19.3 Å². The lowest BCUT2D eigenvalue weighted by Crippen LogP contribution is -2.15. The molecule has 1 aliphatic rings. The van der Waals surface area contributed by atoms with Gasteiger partial charge >= 0.3 is 0 Å². The highest BCUT2D eigenvalue weighted by molar-refractivity contribution is 6.11. The van der Waals surface area contributed by atoms with E-state index < -0.39 is 0 Å². The maximum absolute atomic E-state index is 2.48. The van der Waals surface area contributed by atoms with Crippen LogP contribution in [0, 0.1) is 0 Å². The van der Waals surface area contributed by atoms with Gasteiger partial charge in [0.25, 0.3) is 0 Å². The van der Waals surface area contributed by atoms with Gasteiger partial charge in [-0.2, -0.15) is 0 Å². The molecule has 10 aromatic carbocycles. The molecule has 3 heteroatoms. The predicted molar refractivity (Wildman–Crippen MR) is 296 cm³/mol. The molecule has 0 N–H and O–H groups in total. The van der Waals surface area contributed by atoms with Crippen LogP contribution in [0.15, 0.2) is 249 Å². The SMILES string of the molecule is CC1(C)c2cc(/C=C/c3ccc(N(c4ccccc4)c4ccc5c(c4)c4ccccc4n5-c4ccccc4)cc3)ccc2-c2cc3c(-c4ccccc4)c(-c4ccccc4)n(-c4ccccc4)c3cc21. The number of anilines is 3. The van der Waals surface area contributed by atoms with Gasteiger partial charge in [-0.15, -0.1) is 0 Å². The molecule has 2 aromatic heterocycles. The molecule has 0 fully saturated rings. The van der Waals surface area contributed by atoms with Gasteiger partial charge in [0.1, 0.15) is 0 Å². The molecule has 0 radical (unpaired) electrons. The second kappa shape index (κ2) is 16.7. The number of rotatable bonds is 9. The third kappa shape index (κ3) is 6.81. The van der Waals surface area contributed by atoms with Crippen molar-refractivity contribution in [2.75, 3.05) is 4.90 Å². The second-order valence-corrected chi connectivity index (χ2v) is 19.0. The van der Waals surface area contributed by atoms with Crippen molar-refractivity contribution >= 4 is 61.9 Å². The first-order valence-corrected chi connectivity index (χ1v) is 24.3. The van der Waals surface area contributed by atoms with Gasteiger partial charge in [-0.3, -0.25) is 0 Å². The van der Waals surface area contributed by atoms with Gasteiger partial charge in [0.2, 0.25) is 0 Å². The topological polar surface area (TPSA) is 13.1 Å². The van der Waals surface area contributed by atoms with Gasteiger partial charge in [-0.25, -0.2) is 0 Å². The zero-order valence-corrected chi connectivity index (χ0v) is 39.2. The Morgan fingerprint density at radius 3 is 1.59 bits per heavy atom. The van der Waals surface area contributed by atoms with Crippen LogP contribution < -0.4 is 4.90 Å². The minimum Gasteiger partial charge on any atom is -0.310 e. The number of para-hydroxylation sites is 4. The van der Waals surface area contributed by atoms with Gasteiger partial charge in [0, 0.05) is 55.6 Å². The number of aromatic nitrogens is 2. The van der Waals surface area contributed by atoms with Crippen LogP contribution in [0.1, 0.15) is 36.1 Å². The van der Waals surface area contributed by atoms with Crippen LogP contribution in [0.2, 0.25) is 0 Å². The summed E-state index contributed by atoms with van der Waals surface area (Å²) in [7, 11) is 0. The molecule has 3 nitrogen and oxygen atoms in total. The first-order chi connectivity index (χ1) is 34.5. The average Bonchev–Trinajstić information content (AvgIpc) is 4.01. The normalized spacial score (nSPS) is 12.8. The smallest absolute Gasteiger partial charge is 0.0619 e. The van der Waals surface area contributed by atoms with Gasteiger partial charge < -0.3 is 14.0 Å². The van der Waals surface area contributed by atoms with Crippen LogP contribution in [0.5, 0.6) is 0 Å². The Labute approximate surface area is 409 Å². The Hall–Kier alpha value is -8.92. The fraction of sp³-hybridized carbons (Fsp3) is 0.0448. The van der Waals surface area contributed by atoms with E-state index >= 15 is 0 Å². The molecular formula is C67H49N3. The summed E-state index contributed by atoms with van der Waals surface area (Å²) in [6, 6.07) is 90.5. The Morgan fingerprint density at radius 1 is 0.357 bits per heavy atom. The first-order valence-electron chi connectivity index (χ1n) is 24.3. The lowest BCUT2D eigenvalue weighted by atomic mass is 9.81. The first kappa shape index (κ1) is 41.3. The van der Waals surface area contributed by atoms with Crippen molar-refractivity contribution < 1.29 is 0 Å². The fourth-order valence-corrected chi connectivity index (χ4v) is 11.2. The molecule has 0 atom stereocenters. The molecule has 1 aliphatic carbocycles. The average molecular weight is 896 g/mol. The maximum atomic E-state index is 2.48. The standard InChI is InChI=1S/C67H49N3/c1-67(2)60-42-47(36-40-55(60)57-44-59-64(45-61(57)67)70(52-28-16-7-17-29-52)66(49-22-10-4-11-23-49)65(59)48-20-8-3-9-21-48)33-32-46-34-37-53(38-35-46)68(50-24-12-5-13-25-50)54-39-41-63-58(43-54)56-30-18-19-31-62(56)69(63)51-26-14-6-15-27-51/h3-45H,1-2H3/b33-32+. The minimum atomic E-state index is -0.212. The van der Waals surface area contributed by atoms with Gasteiger partial charge in [-0.05, 0) is 129 Å². The van der Waals surface area contributed by atoms with Crippen molar-refractivity contribution in [1.82, 2.24) is 9.13 Å². The second-order valence-electron chi connectivity index (χ2n) is 19.0. The molecule has 332 valence electrons. The number of benzene rings is 10. The molecule has 0 saturated carbocycles.